The van der Waals surface area contributed by atoms with E-state index in [1.54, 1.807) is 6.20 Å². The normalized spacial score (nSPS) is 28.4. The van der Waals surface area contributed by atoms with Crippen molar-refractivity contribution < 1.29 is 4.79 Å². The zero-order valence-corrected chi connectivity index (χ0v) is 20.7. The first-order chi connectivity index (χ1) is 15.5. The van der Waals surface area contributed by atoms with Gasteiger partial charge in [-0.25, -0.2) is 0 Å². The van der Waals surface area contributed by atoms with Gasteiger partial charge in [-0.05, 0) is 106 Å². The van der Waals surface area contributed by atoms with Crippen LogP contribution in [0.2, 0.25) is 0 Å². The zero-order valence-electron chi connectivity index (χ0n) is 20.0. The summed E-state index contributed by atoms with van der Waals surface area (Å²) in [5, 5.41) is 3.52. The van der Waals surface area contributed by atoms with Crippen LogP contribution in [0.4, 0.5) is 0 Å². The first kappa shape index (κ1) is 24.0. The third-order valence-electron chi connectivity index (χ3n) is 8.21. The molecule has 5 rings (SSSR count). The van der Waals surface area contributed by atoms with E-state index in [1.165, 1.54) is 42.9 Å². The highest BCUT2D eigenvalue weighted by molar-refractivity contribution is 6.24. The largest absolute Gasteiger partial charge is 0.315 e. The number of aromatic nitrogens is 1. The Kier molecular flexibility index (Phi) is 8.12. The molecule has 1 aromatic heterocycles. The molecule has 4 bridgehead atoms. The molecule has 5 nitrogen and oxygen atoms in total. The first-order valence-electron chi connectivity index (χ1n) is 12.9. The Morgan fingerprint density at radius 1 is 1.12 bits per heavy atom. The Bertz CT molecular complexity index is 731. The van der Waals surface area contributed by atoms with Crippen LogP contribution in [-0.2, 0) is 6.42 Å². The molecule has 0 aromatic carbocycles. The van der Waals surface area contributed by atoms with E-state index in [4.69, 9.17) is 11.8 Å². The number of aryl methyl sites for hydroxylation is 1. The molecule has 1 aromatic rings. The molecule has 1 N–H and O–H groups in total. The fourth-order valence-corrected chi connectivity index (χ4v) is 7.39. The maximum atomic E-state index is 13.1. The lowest BCUT2D eigenvalue weighted by molar-refractivity contribution is -0.0579. The quantitative estimate of drug-likeness (QED) is 0.361. The van der Waals surface area contributed by atoms with Gasteiger partial charge in [-0.2, -0.15) is 0 Å². The highest BCUT2D eigenvalue weighted by atomic mass is 35.5. The third kappa shape index (κ3) is 5.84. The molecule has 4 saturated carbocycles. The summed E-state index contributed by atoms with van der Waals surface area (Å²) < 4.78 is 1.49. The van der Waals surface area contributed by atoms with Gasteiger partial charge in [0, 0.05) is 48.9 Å². The van der Waals surface area contributed by atoms with Crippen LogP contribution < -0.4 is 5.32 Å². The van der Waals surface area contributed by atoms with Crippen molar-refractivity contribution in [3.8, 4) is 0 Å². The molecule has 1 amide bonds. The van der Waals surface area contributed by atoms with Crippen LogP contribution in [0.1, 0.15) is 74.8 Å². The minimum atomic E-state index is -0.0663. The number of carbonyl (C=O) groups is 1. The van der Waals surface area contributed by atoms with Crippen LogP contribution >= 0.6 is 11.8 Å². The Balaban J connectivity index is 1.24. The van der Waals surface area contributed by atoms with Gasteiger partial charge in [-0.3, -0.25) is 14.2 Å². The van der Waals surface area contributed by atoms with E-state index in [-0.39, 0.29) is 11.3 Å². The Morgan fingerprint density at radius 2 is 1.78 bits per heavy atom. The molecule has 4 aliphatic rings. The molecule has 0 aliphatic heterocycles. The Labute approximate surface area is 199 Å². The lowest BCUT2D eigenvalue weighted by atomic mass is 9.49. The summed E-state index contributed by atoms with van der Waals surface area (Å²) in [6, 6.07) is 3.75. The minimum Gasteiger partial charge on any atom is -0.315 e. The van der Waals surface area contributed by atoms with Crippen LogP contribution in [0.15, 0.2) is 18.3 Å². The van der Waals surface area contributed by atoms with Gasteiger partial charge < -0.3 is 10.2 Å². The van der Waals surface area contributed by atoms with Gasteiger partial charge in [0.05, 0.1) is 0 Å². The topological polar surface area (TPSA) is 48.5 Å². The number of rotatable bonds is 12. The summed E-state index contributed by atoms with van der Waals surface area (Å²) in [6.07, 6.45) is 11.7. The Morgan fingerprint density at radius 3 is 2.41 bits per heavy atom. The second-order valence-corrected chi connectivity index (χ2v) is 11.1. The highest BCUT2D eigenvalue weighted by Gasteiger charge is 2.51. The first-order valence-corrected chi connectivity index (χ1v) is 13.2. The van der Waals surface area contributed by atoms with Crippen molar-refractivity contribution in [2.24, 2.45) is 23.2 Å². The van der Waals surface area contributed by atoms with Gasteiger partial charge in [-0.1, -0.05) is 13.8 Å². The molecule has 6 heteroatoms. The van der Waals surface area contributed by atoms with E-state index in [1.807, 2.05) is 12.1 Å². The second kappa shape index (κ2) is 10.8. The van der Waals surface area contributed by atoms with Crippen LogP contribution in [-0.4, -0.2) is 59.5 Å². The molecular weight excluding hydrogens is 420 g/mol. The predicted molar refractivity (Wildman–Crippen MR) is 131 cm³/mol. The lowest BCUT2D eigenvalue weighted by Crippen LogP contribution is -2.50. The van der Waals surface area contributed by atoms with E-state index in [9.17, 15) is 4.79 Å². The Hall–Kier alpha value is -1.17. The van der Waals surface area contributed by atoms with Crippen LogP contribution in [0.5, 0.6) is 0 Å². The second-order valence-electron chi connectivity index (χ2n) is 10.7. The lowest BCUT2D eigenvalue weighted by Gasteiger charge is -2.57. The molecular formula is C26H41ClN4O. The van der Waals surface area contributed by atoms with Crippen molar-refractivity contribution in [3.63, 3.8) is 0 Å². The number of hydrogen-bond donors (Lipinski definition) is 1. The summed E-state index contributed by atoms with van der Waals surface area (Å²) in [7, 11) is 0. The van der Waals surface area contributed by atoms with Gasteiger partial charge in [0.25, 0.3) is 5.91 Å². The summed E-state index contributed by atoms with van der Waals surface area (Å²) in [6.45, 7) is 10.4. The van der Waals surface area contributed by atoms with Crippen molar-refractivity contribution >= 4 is 17.7 Å². The van der Waals surface area contributed by atoms with Gasteiger partial charge >= 0.3 is 0 Å². The van der Waals surface area contributed by atoms with Crippen molar-refractivity contribution in [2.75, 3.05) is 39.3 Å². The maximum Gasteiger partial charge on any atom is 0.268 e. The fraction of sp³-hybridized carbons (Fsp3) is 0.769. The van der Waals surface area contributed by atoms with Crippen molar-refractivity contribution in [1.29, 1.82) is 0 Å². The predicted octanol–water partition coefficient (Wildman–Crippen LogP) is 4.76. The molecule has 0 unspecified atom stereocenters. The number of nitrogens with zero attached hydrogens (tertiary/aromatic N) is 3. The molecule has 178 valence electrons. The standard InChI is InChI=1S/C26H41ClN4O/c1-3-30(4-2)11-10-28-8-5-6-24-15-23(7-9-29-24)25(32)31(27)19-26-16-20-12-21(17-26)14-22(13-20)18-26/h7,9,15,20-22,28H,3-6,8,10-14,16-19H2,1-2H3. The monoisotopic (exact) mass is 460 g/mol. The van der Waals surface area contributed by atoms with Gasteiger partial charge in [0.1, 0.15) is 0 Å². The SMILES string of the molecule is CCN(CC)CCNCCCc1cc(C(=O)N(Cl)CC23CC4CC(CC(C4)C2)C3)ccn1. The smallest absolute Gasteiger partial charge is 0.268 e. The van der Waals surface area contributed by atoms with E-state index in [0.717, 1.165) is 69.0 Å². The summed E-state index contributed by atoms with van der Waals surface area (Å²) >= 11 is 6.61. The number of likely N-dealkylation sites (N-methyl/N-ethyl adjacent to an activating group) is 1. The number of pyridine rings is 1. The molecule has 4 aliphatic carbocycles. The molecule has 0 atom stereocenters. The fourth-order valence-electron chi connectivity index (χ4n) is 7.03. The molecule has 32 heavy (non-hydrogen) atoms. The van der Waals surface area contributed by atoms with Crippen molar-refractivity contribution in [2.45, 2.75) is 65.2 Å². The zero-order chi connectivity index (χ0) is 22.6. The number of hydrogen-bond acceptors (Lipinski definition) is 4. The average Bonchev–Trinajstić information content (AvgIpc) is 2.77. The molecule has 1 heterocycles. The third-order valence-corrected chi connectivity index (χ3v) is 8.48. The average molecular weight is 461 g/mol. The minimum absolute atomic E-state index is 0.0663. The van der Waals surface area contributed by atoms with E-state index in [2.05, 4.69) is 29.0 Å². The van der Waals surface area contributed by atoms with Crippen molar-refractivity contribution in [1.82, 2.24) is 19.6 Å². The number of halogens is 1. The highest BCUT2D eigenvalue weighted by Crippen LogP contribution is 2.60. The molecule has 4 fully saturated rings. The number of nitrogens with one attached hydrogen (secondary N) is 1. The van der Waals surface area contributed by atoms with Gasteiger partial charge in [-0.15, -0.1) is 0 Å². The maximum absolute atomic E-state index is 13.1. The molecule has 0 spiro atoms. The summed E-state index contributed by atoms with van der Waals surface area (Å²) in [4.78, 5) is 20.0. The number of amides is 1. The molecule has 0 radical (unpaired) electrons. The van der Waals surface area contributed by atoms with E-state index in [0.29, 0.717) is 12.1 Å². The van der Waals surface area contributed by atoms with Gasteiger partial charge in [0.15, 0.2) is 0 Å². The molecule has 0 saturated heterocycles. The summed E-state index contributed by atoms with van der Waals surface area (Å²) in [5.41, 5.74) is 1.91. The van der Waals surface area contributed by atoms with Gasteiger partial charge in [0.2, 0.25) is 0 Å². The number of carbonyl (C=O) groups excluding carboxylic acids is 1. The summed E-state index contributed by atoms with van der Waals surface area (Å²) in [5.74, 6) is 2.54. The van der Waals surface area contributed by atoms with Crippen LogP contribution in [0, 0.1) is 23.2 Å². The van der Waals surface area contributed by atoms with E-state index < -0.39 is 0 Å². The van der Waals surface area contributed by atoms with Crippen LogP contribution in [0.25, 0.3) is 0 Å². The van der Waals surface area contributed by atoms with Crippen LogP contribution in [0.3, 0.4) is 0 Å². The van der Waals surface area contributed by atoms with Crippen molar-refractivity contribution in [3.05, 3.63) is 29.6 Å². The van der Waals surface area contributed by atoms with E-state index >= 15 is 0 Å².